The quantitative estimate of drug-likeness (QED) is 0.852. The van der Waals surface area contributed by atoms with Crippen molar-refractivity contribution in [1.82, 2.24) is 9.78 Å². The summed E-state index contributed by atoms with van der Waals surface area (Å²) < 4.78 is 2.55. The molecule has 0 saturated heterocycles. The molecule has 1 aromatic carbocycles. The third-order valence-corrected chi connectivity index (χ3v) is 2.76. The number of para-hydroxylation sites is 2. The van der Waals surface area contributed by atoms with Gasteiger partial charge in [0.15, 0.2) is 0 Å². The van der Waals surface area contributed by atoms with Gasteiger partial charge in [-0.1, -0.05) is 12.1 Å². The monoisotopic (exact) mass is 309 g/mol. The van der Waals surface area contributed by atoms with Crippen molar-refractivity contribution in [3.63, 3.8) is 0 Å². The molecule has 5 nitrogen and oxygen atoms in total. The minimum atomic E-state index is -0.164. The first-order chi connectivity index (χ1) is 8.65. The topological polar surface area (TPSA) is 67.2 Å². The van der Waals surface area contributed by atoms with Gasteiger partial charge in [0.25, 0.3) is 0 Å². The number of benzene rings is 1. The van der Waals surface area contributed by atoms with Gasteiger partial charge in [0.05, 0.1) is 16.4 Å². The first-order valence-corrected chi connectivity index (χ1v) is 6.20. The fourth-order valence-electron chi connectivity index (χ4n) is 1.47. The molecular formula is C12H12BrN3O2. The zero-order valence-electron chi connectivity index (χ0n) is 9.51. The third-order valence-electron chi connectivity index (χ3n) is 2.35. The van der Waals surface area contributed by atoms with Gasteiger partial charge in [-0.2, -0.15) is 5.10 Å². The van der Waals surface area contributed by atoms with Crippen molar-refractivity contribution in [3.8, 4) is 5.75 Å². The lowest BCUT2D eigenvalue weighted by Crippen LogP contribution is -2.14. The summed E-state index contributed by atoms with van der Waals surface area (Å²) in [6.45, 7) is 0.491. The number of amides is 1. The average molecular weight is 310 g/mol. The maximum absolute atomic E-state index is 11.7. The SMILES string of the molecule is O=C(CCn1cc(Br)cn1)Nc1ccccc1O. The molecule has 0 bridgehead atoms. The standard InChI is InChI=1S/C12H12BrN3O2/c13-9-7-14-16(8-9)6-5-12(18)15-10-3-1-2-4-11(10)17/h1-4,7-8,17H,5-6H2,(H,15,18). The van der Waals surface area contributed by atoms with Gasteiger partial charge in [0.2, 0.25) is 5.91 Å². The van der Waals surface area contributed by atoms with Crippen LogP contribution in [0.5, 0.6) is 5.75 Å². The van der Waals surface area contributed by atoms with Crippen LogP contribution < -0.4 is 5.32 Å². The van der Waals surface area contributed by atoms with Crippen LogP contribution in [0.1, 0.15) is 6.42 Å². The number of nitrogens with one attached hydrogen (secondary N) is 1. The molecule has 0 aliphatic carbocycles. The maximum Gasteiger partial charge on any atom is 0.226 e. The minimum absolute atomic E-state index is 0.0627. The number of phenolic OH excluding ortho intramolecular Hbond substituents is 1. The lowest BCUT2D eigenvalue weighted by Gasteiger charge is -2.06. The number of aryl methyl sites for hydroxylation is 1. The molecule has 18 heavy (non-hydrogen) atoms. The van der Waals surface area contributed by atoms with Gasteiger partial charge in [0, 0.05) is 19.2 Å². The molecule has 1 aromatic heterocycles. The van der Waals surface area contributed by atoms with E-state index in [1.165, 1.54) is 6.07 Å². The number of phenols is 1. The molecule has 0 fully saturated rings. The largest absolute Gasteiger partial charge is 0.506 e. The lowest BCUT2D eigenvalue weighted by atomic mass is 10.3. The number of hydrogen-bond acceptors (Lipinski definition) is 3. The zero-order chi connectivity index (χ0) is 13.0. The second-order valence-corrected chi connectivity index (χ2v) is 4.65. The zero-order valence-corrected chi connectivity index (χ0v) is 11.1. The van der Waals surface area contributed by atoms with Gasteiger partial charge in [-0.05, 0) is 28.1 Å². The van der Waals surface area contributed by atoms with Crippen LogP contribution in [-0.4, -0.2) is 20.8 Å². The number of carbonyl (C=O) groups excluding carboxylic acids is 1. The molecule has 2 rings (SSSR count). The van der Waals surface area contributed by atoms with E-state index in [-0.39, 0.29) is 11.7 Å². The highest BCUT2D eigenvalue weighted by molar-refractivity contribution is 9.10. The van der Waals surface area contributed by atoms with Gasteiger partial charge in [-0.25, -0.2) is 0 Å². The van der Waals surface area contributed by atoms with Crippen LogP contribution >= 0.6 is 15.9 Å². The lowest BCUT2D eigenvalue weighted by molar-refractivity contribution is -0.116. The molecule has 0 spiro atoms. The summed E-state index contributed by atoms with van der Waals surface area (Å²) in [6.07, 6.45) is 3.76. The van der Waals surface area contributed by atoms with E-state index in [9.17, 15) is 9.90 Å². The van der Waals surface area contributed by atoms with E-state index in [0.29, 0.717) is 18.7 Å². The number of halogens is 1. The second-order valence-electron chi connectivity index (χ2n) is 3.74. The van der Waals surface area contributed by atoms with E-state index >= 15 is 0 Å². The fourth-order valence-corrected chi connectivity index (χ4v) is 1.80. The third kappa shape index (κ3) is 3.33. The van der Waals surface area contributed by atoms with Crippen molar-refractivity contribution in [1.29, 1.82) is 0 Å². The van der Waals surface area contributed by atoms with Crippen molar-refractivity contribution in [3.05, 3.63) is 41.1 Å². The Balaban J connectivity index is 1.88. The van der Waals surface area contributed by atoms with E-state index < -0.39 is 0 Å². The molecule has 0 aliphatic rings. The molecule has 2 N–H and O–H groups in total. The summed E-state index contributed by atoms with van der Waals surface area (Å²) in [5, 5.41) is 16.2. The van der Waals surface area contributed by atoms with Gasteiger partial charge in [-0.3, -0.25) is 9.48 Å². The van der Waals surface area contributed by atoms with E-state index in [1.807, 2.05) is 0 Å². The van der Waals surface area contributed by atoms with Gasteiger partial charge >= 0.3 is 0 Å². The Morgan fingerprint density at radius 1 is 1.44 bits per heavy atom. The number of aromatic nitrogens is 2. The number of hydrogen-bond donors (Lipinski definition) is 2. The van der Waals surface area contributed by atoms with Crippen molar-refractivity contribution in [2.75, 3.05) is 5.32 Å². The highest BCUT2D eigenvalue weighted by atomic mass is 79.9. The van der Waals surface area contributed by atoms with E-state index in [4.69, 9.17) is 0 Å². The van der Waals surface area contributed by atoms with Crippen LogP contribution in [-0.2, 0) is 11.3 Å². The van der Waals surface area contributed by atoms with Crippen LogP contribution in [0.15, 0.2) is 41.1 Å². The van der Waals surface area contributed by atoms with Crippen LogP contribution in [0, 0.1) is 0 Å². The number of rotatable bonds is 4. The number of carbonyl (C=O) groups is 1. The summed E-state index contributed by atoms with van der Waals surface area (Å²) in [5.41, 5.74) is 0.421. The average Bonchev–Trinajstić information content (AvgIpc) is 2.76. The molecule has 1 amide bonds. The summed E-state index contributed by atoms with van der Waals surface area (Å²) in [4.78, 5) is 11.7. The van der Waals surface area contributed by atoms with Crippen molar-refractivity contribution in [2.24, 2.45) is 0 Å². The molecular weight excluding hydrogens is 298 g/mol. The van der Waals surface area contributed by atoms with Crippen molar-refractivity contribution in [2.45, 2.75) is 13.0 Å². The first-order valence-electron chi connectivity index (χ1n) is 5.41. The fraction of sp³-hybridized carbons (Fsp3) is 0.167. The number of anilines is 1. The predicted octanol–water partition coefficient (Wildman–Crippen LogP) is 2.38. The Hall–Kier alpha value is -1.82. The van der Waals surface area contributed by atoms with Crippen LogP contribution in [0.25, 0.3) is 0 Å². The molecule has 0 atom stereocenters. The number of nitrogens with zero attached hydrogens (tertiary/aromatic N) is 2. The second kappa shape index (κ2) is 5.68. The minimum Gasteiger partial charge on any atom is -0.506 e. The van der Waals surface area contributed by atoms with Crippen molar-refractivity contribution < 1.29 is 9.90 Å². The highest BCUT2D eigenvalue weighted by Gasteiger charge is 2.06. The van der Waals surface area contributed by atoms with Gasteiger partial charge in [0.1, 0.15) is 5.75 Å². The Morgan fingerprint density at radius 3 is 2.89 bits per heavy atom. The molecule has 0 radical (unpaired) electrons. The molecule has 0 saturated carbocycles. The first kappa shape index (κ1) is 12.6. The summed E-state index contributed by atoms with van der Waals surface area (Å²) in [7, 11) is 0. The Kier molecular flexibility index (Phi) is 3.99. The van der Waals surface area contributed by atoms with Gasteiger partial charge < -0.3 is 10.4 Å². The smallest absolute Gasteiger partial charge is 0.226 e. The maximum atomic E-state index is 11.7. The predicted molar refractivity (Wildman–Crippen MR) is 71.3 cm³/mol. The van der Waals surface area contributed by atoms with E-state index in [1.54, 1.807) is 35.3 Å². The summed E-state index contributed by atoms with van der Waals surface area (Å²) in [6, 6.07) is 6.63. The highest BCUT2D eigenvalue weighted by Crippen LogP contribution is 2.21. The molecule has 6 heteroatoms. The molecule has 94 valence electrons. The van der Waals surface area contributed by atoms with E-state index in [2.05, 4.69) is 26.3 Å². The molecule has 2 aromatic rings. The Labute approximate surface area is 113 Å². The summed E-state index contributed by atoms with van der Waals surface area (Å²) in [5.74, 6) is -0.101. The molecule has 1 heterocycles. The molecule has 0 unspecified atom stereocenters. The molecule has 0 aliphatic heterocycles. The van der Waals surface area contributed by atoms with Gasteiger partial charge in [-0.15, -0.1) is 0 Å². The summed E-state index contributed by atoms with van der Waals surface area (Å²) >= 11 is 3.29. The normalized spacial score (nSPS) is 10.3. The van der Waals surface area contributed by atoms with Crippen LogP contribution in [0.4, 0.5) is 5.69 Å². The van der Waals surface area contributed by atoms with Crippen molar-refractivity contribution >= 4 is 27.5 Å². The Bertz CT molecular complexity index is 554. The van der Waals surface area contributed by atoms with E-state index in [0.717, 1.165) is 4.47 Å². The van der Waals surface area contributed by atoms with Crippen LogP contribution in [0.3, 0.4) is 0 Å². The number of aromatic hydroxyl groups is 1. The Morgan fingerprint density at radius 2 is 2.22 bits per heavy atom. The van der Waals surface area contributed by atoms with Crippen LogP contribution in [0.2, 0.25) is 0 Å².